The van der Waals surface area contributed by atoms with Gasteiger partial charge in [0.2, 0.25) is 0 Å². The number of thiazole rings is 1. The molecule has 0 radical (unpaired) electrons. The lowest BCUT2D eigenvalue weighted by Crippen LogP contribution is -2.55. The number of aliphatic imine (C=N–C) groups is 1. The number of amidine groups is 1. The zero-order valence-electron chi connectivity index (χ0n) is 15.8. The van der Waals surface area contributed by atoms with Crippen LogP contribution >= 0.6 is 11.3 Å². The Labute approximate surface area is 174 Å². The first-order chi connectivity index (χ1) is 14.2. The first-order valence-corrected chi connectivity index (χ1v) is 9.82. The van der Waals surface area contributed by atoms with Crippen LogP contribution in [0.25, 0.3) is 0 Å². The van der Waals surface area contributed by atoms with Gasteiger partial charge in [0.15, 0.2) is 5.01 Å². The van der Waals surface area contributed by atoms with Gasteiger partial charge < -0.3 is 11.1 Å². The van der Waals surface area contributed by atoms with Gasteiger partial charge in [-0.05, 0) is 19.1 Å². The largest absolute Gasteiger partial charge is 0.443 e. The van der Waals surface area contributed by atoms with E-state index >= 15 is 0 Å². The molecule has 1 aromatic carbocycles. The van der Waals surface area contributed by atoms with Crippen LogP contribution in [0.3, 0.4) is 0 Å². The third-order valence-corrected chi connectivity index (χ3v) is 5.21. The molecular weight excluding hydrogens is 419 g/mol. The third kappa shape index (κ3) is 4.51. The molecule has 3 N–H and O–H groups in total. The number of hydrogen-bond acceptors (Lipinski definition) is 6. The van der Waals surface area contributed by atoms with E-state index in [-0.39, 0.29) is 13.0 Å². The van der Waals surface area contributed by atoms with E-state index in [1.165, 1.54) is 11.1 Å². The summed E-state index contributed by atoms with van der Waals surface area (Å²) in [4.78, 5) is 34.5. The molecule has 158 valence electrons. The lowest BCUT2D eigenvalue weighted by Gasteiger charge is -2.34. The zero-order valence-corrected chi connectivity index (χ0v) is 16.6. The summed E-state index contributed by atoms with van der Waals surface area (Å²) in [6.07, 6.45) is -3.28. The van der Waals surface area contributed by atoms with Gasteiger partial charge in [-0.2, -0.15) is 13.2 Å². The predicted molar refractivity (Wildman–Crippen MR) is 106 cm³/mol. The molecule has 7 nitrogen and oxygen atoms in total. The summed E-state index contributed by atoms with van der Waals surface area (Å²) in [5, 5.41) is 2.34. The zero-order chi connectivity index (χ0) is 21.9. The molecule has 1 atom stereocenters. The fourth-order valence-corrected chi connectivity index (χ4v) is 3.59. The smallest absolute Gasteiger partial charge is 0.404 e. The Balaban J connectivity index is 1.83. The first kappa shape index (κ1) is 21.5. The topological polar surface area (TPSA) is 101 Å². The minimum absolute atomic E-state index is 0.0551. The lowest BCUT2D eigenvalue weighted by molar-refractivity contribution is -0.137. The molecule has 3 rings (SSSR count). The summed E-state index contributed by atoms with van der Waals surface area (Å²) in [5.74, 6) is -0.928. The van der Waals surface area contributed by atoms with Crippen LogP contribution in [-0.4, -0.2) is 40.1 Å². The SMILES string of the molecule is CCN1C(=O)C(NC(=O)c2csc(C(F)(F)F)n2)C/C(=C/N)C1=Nc1ccccc1. The molecule has 1 aliphatic rings. The Kier molecular flexibility index (Phi) is 6.20. The molecule has 0 aliphatic carbocycles. The molecule has 1 aromatic heterocycles. The normalized spacial score (nSPS) is 20.1. The van der Waals surface area contributed by atoms with E-state index in [4.69, 9.17) is 5.73 Å². The molecule has 2 heterocycles. The number of carbonyl (C=O) groups excluding carboxylic acids is 2. The molecule has 1 unspecified atom stereocenters. The van der Waals surface area contributed by atoms with Crippen molar-refractivity contribution >= 4 is 34.7 Å². The van der Waals surface area contributed by atoms with Crippen LogP contribution in [0.2, 0.25) is 0 Å². The molecule has 1 fully saturated rings. The molecule has 1 aliphatic heterocycles. The second kappa shape index (κ2) is 8.66. The summed E-state index contributed by atoms with van der Waals surface area (Å²) >= 11 is 0.317. The molecule has 1 saturated heterocycles. The second-order valence-corrected chi connectivity index (χ2v) is 7.17. The second-order valence-electron chi connectivity index (χ2n) is 6.31. The maximum Gasteiger partial charge on any atom is 0.443 e. The van der Waals surface area contributed by atoms with Crippen LogP contribution in [0.4, 0.5) is 18.9 Å². The fraction of sp³-hybridized carbons (Fsp3) is 0.263. The maximum atomic E-state index is 12.9. The summed E-state index contributed by atoms with van der Waals surface area (Å²) in [6, 6.07) is 7.98. The number of benzene rings is 1. The Bertz CT molecular complexity index is 1000. The van der Waals surface area contributed by atoms with E-state index in [1.807, 2.05) is 6.07 Å². The van der Waals surface area contributed by atoms with Crippen molar-refractivity contribution in [2.45, 2.75) is 25.6 Å². The Morgan fingerprint density at radius 2 is 2.10 bits per heavy atom. The number of aromatic nitrogens is 1. The number of piperidine rings is 1. The van der Waals surface area contributed by atoms with Gasteiger partial charge in [-0.1, -0.05) is 18.2 Å². The molecule has 0 bridgehead atoms. The number of likely N-dealkylation sites (tertiary alicyclic amines) is 1. The van der Waals surface area contributed by atoms with Gasteiger partial charge in [0, 0.05) is 30.1 Å². The number of carbonyl (C=O) groups is 2. The van der Waals surface area contributed by atoms with Gasteiger partial charge in [0.25, 0.3) is 11.8 Å². The van der Waals surface area contributed by atoms with Crippen LogP contribution in [0.5, 0.6) is 0 Å². The molecule has 2 aromatic rings. The number of rotatable bonds is 4. The highest BCUT2D eigenvalue weighted by Gasteiger charge is 2.38. The van der Waals surface area contributed by atoms with E-state index in [1.54, 1.807) is 31.2 Å². The van der Waals surface area contributed by atoms with Gasteiger partial charge in [-0.3, -0.25) is 14.5 Å². The standard InChI is InChI=1S/C19H18F3N5O2S/c1-2-27-15(24-12-6-4-3-5-7-12)11(9-23)8-13(17(27)29)25-16(28)14-10-30-18(26-14)19(20,21)22/h3-7,9-10,13H,2,8,23H2,1H3,(H,25,28)/b11-9-,24-15?. The quantitative estimate of drug-likeness (QED) is 0.768. The van der Waals surface area contributed by atoms with Crippen LogP contribution < -0.4 is 11.1 Å². The van der Waals surface area contributed by atoms with Gasteiger partial charge in [0.1, 0.15) is 17.6 Å². The Morgan fingerprint density at radius 3 is 2.67 bits per heavy atom. The highest BCUT2D eigenvalue weighted by Crippen LogP contribution is 2.31. The molecule has 0 spiro atoms. The first-order valence-electron chi connectivity index (χ1n) is 8.94. The number of halogens is 3. The molecular formula is C19H18F3N5O2S. The minimum Gasteiger partial charge on any atom is -0.404 e. The monoisotopic (exact) mass is 437 g/mol. The van der Waals surface area contributed by atoms with E-state index in [0.29, 0.717) is 28.4 Å². The van der Waals surface area contributed by atoms with Crippen LogP contribution in [0.15, 0.2) is 52.5 Å². The molecule has 2 amide bonds. The van der Waals surface area contributed by atoms with Crippen molar-refractivity contribution in [3.05, 3.63) is 58.2 Å². The number of nitrogens with one attached hydrogen (secondary N) is 1. The number of nitrogens with zero attached hydrogens (tertiary/aromatic N) is 3. The van der Waals surface area contributed by atoms with E-state index in [9.17, 15) is 22.8 Å². The van der Waals surface area contributed by atoms with E-state index in [0.717, 1.165) is 5.38 Å². The molecule has 11 heteroatoms. The number of alkyl halides is 3. The highest BCUT2D eigenvalue weighted by molar-refractivity contribution is 7.10. The molecule has 0 saturated carbocycles. The van der Waals surface area contributed by atoms with Crippen LogP contribution in [0, 0.1) is 0 Å². The van der Waals surface area contributed by atoms with Crippen molar-refractivity contribution in [3.8, 4) is 0 Å². The number of para-hydroxylation sites is 1. The number of amides is 2. The van der Waals surface area contributed by atoms with Crippen molar-refractivity contribution in [1.82, 2.24) is 15.2 Å². The summed E-state index contributed by atoms with van der Waals surface area (Å²) in [7, 11) is 0. The van der Waals surface area contributed by atoms with Gasteiger partial charge in [-0.15, -0.1) is 11.3 Å². The summed E-state index contributed by atoms with van der Waals surface area (Å²) in [5.41, 5.74) is 6.49. The average Bonchev–Trinajstić information content (AvgIpc) is 3.22. The van der Waals surface area contributed by atoms with E-state index in [2.05, 4.69) is 15.3 Å². The average molecular weight is 437 g/mol. The number of hydrogen-bond donors (Lipinski definition) is 2. The van der Waals surface area contributed by atoms with Crippen LogP contribution in [0.1, 0.15) is 28.8 Å². The fourth-order valence-electron chi connectivity index (χ4n) is 2.92. The van der Waals surface area contributed by atoms with Gasteiger partial charge in [0.05, 0.1) is 5.69 Å². The highest BCUT2D eigenvalue weighted by atomic mass is 32.1. The lowest BCUT2D eigenvalue weighted by atomic mass is 9.98. The number of likely N-dealkylation sites (N-methyl/N-ethyl adjacent to an activating group) is 1. The van der Waals surface area contributed by atoms with Crippen LogP contribution in [-0.2, 0) is 11.0 Å². The van der Waals surface area contributed by atoms with Crippen molar-refractivity contribution in [3.63, 3.8) is 0 Å². The Morgan fingerprint density at radius 1 is 1.40 bits per heavy atom. The summed E-state index contributed by atoms with van der Waals surface area (Å²) in [6.45, 7) is 2.01. The molecule has 30 heavy (non-hydrogen) atoms. The van der Waals surface area contributed by atoms with E-state index < -0.39 is 34.7 Å². The van der Waals surface area contributed by atoms with Gasteiger partial charge >= 0.3 is 6.18 Å². The minimum atomic E-state index is -4.64. The predicted octanol–water partition coefficient (Wildman–Crippen LogP) is 3.09. The van der Waals surface area contributed by atoms with Gasteiger partial charge in [-0.25, -0.2) is 9.98 Å². The Hall–Kier alpha value is -3.21. The van der Waals surface area contributed by atoms with Crippen molar-refractivity contribution in [2.24, 2.45) is 10.7 Å². The summed E-state index contributed by atoms with van der Waals surface area (Å²) < 4.78 is 38.2. The van der Waals surface area contributed by atoms with Crippen molar-refractivity contribution < 1.29 is 22.8 Å². The maximum absolute atomic E-state index is 12.9. The van der Waals surface area contributed by atoms with Crippen molar-refractivity contribution in [2.75, 3.05) is 6.54 Å². The number of nitrogens with two attached hydrogens (primary N) is 1. The third-order valence-electron chi connectivity index (χ3n) is 4.32. The van der Waals surface area contributed by atoms with Crippen molar-refractivity contribution in [1.29, 1.82) is 0 Å².